The van der Waals surface area contributed by atoms with E-state index in [0.717, 1.165) is 25.0 Å². The summed E-state index contributed by atoms with van der Waals surface area (Å²) in [7, 11) is 0. The number of halogens is 3. The maximum atomic E-state index is 13.4. The normalized spacial score (nSPS) is 26.4. The third kappa shape index (κ3) is 2.15. The smallest absolute Gasteiger partial charge is 0.128 e. The first kappa shape index (κ1) is 10.9. The SMILES string of the molecule is CCC1CC1C(Cl)c1cc(F)ccc1F. The molecule has 3 atom stereocenters. The molecule has 1 aromatic carbocycles. The summed E-state index contributed by atoms with van der Waals surface area (Å²) in [6.45, 7) is 2.09. The first-order valence-corrected chi connectivity index (χ1v) is 5.66. The Morgan fingerprint density at radius 3 is 2.80 bits per heavy atom. The summed E-state index contributed by atoms with van der Waals surface area (Å²) in [5, 5.41) is -0.384. The van der Waals surface area contributed by atoms with Gasteiger partial charge in [0.25, 0.3) is 0 Å². The Balaban J connectivity index is 2.18. The molecule has 3 heteroatoms. The molecule has 1 fully saturated rings. The highest BCUT2D eigenvalue weighted by Gasteiger charge is 2.42. The Morgan fingerprint density at radius 2 is 2.20 bits per heavy atom. The van der Waals surface area contributed by atoms with E-state index >= 15 is 0 Å². The van der Waals surface area contributed by atoms with E-state index in [4.69, 9.17) is 11.6 Å². The molecule has 1 aliphatic carbocycles. The molecule has 0 aliphatic heterocycles. The van der Waals surface area contributed by atoms with E-state index in [1.807, 2.05) is 0 Å². The van der Waals surface area contributed by atoms with Gasteiger partial charge in [0.05, 0.1) is 5.38 Å². The van der Waals surface area contributed by atoms with Gasteiger partial charge in [-0.05, 0) is 36.5 Å². The largest absolute Gasteiger partial charge is 0.207 e. The van der Waals surface area contributed by atoms with Crippen LogP contribution in [-0.2, 0) is 0 Å². The zero-order chi connectivity index (χ0) is 11.0. The Hall–Kier alpha value is -0.630. The van der Waals surface area contributed by atoms with Crippen molar-refractivity contribution in [3.63, 3.8) is 0 Å². The van der Waals surface area contributed by atoms with E-state index in [0.29, 0.717) is 17.4 Å². The molecular formula is C12H13ClF2. The quantitative estimate of drug-likeness (QED) is 0.680. The number of hydrogen-bond donors (Lipinski definition) is 0. The predicted molar refractivity (Wildman–Crippen MR) is 56.8 cm³/mol. The summed E-state index contributed by atoms with van der Waals surface area (Å²) < 4.78 is 26.3. The fourth-order valence-electron chi connectivity index (χ4n) is 2.06. The lowest BCUT2D eigenvalue weighted by Gasteiger charge is -2.10. The number of alkyl halides is 1. The second-order valence-electron chi connectivity index (χ2n) is 4.14. The van der Waals surface area contributed by atoms with Crippen molar-refractivity contribution in [1.29, 1.82) is 0 Å². The molecule has 82 valence electrons. The van der Waals surface area contributed by atoms with Crippen LogP contribution in [0, 0.1) is 23.5 Å². The molecule has 15 heavy (non-hydrogen) atoms. The molecule has 0 saturated heterocycles. The Labute approximate surface area is 93.2 Å². The van der Waals surface area contributed by atoms with Crippen LogP contribution in [0.15, 0.2) is 18.2 Å². The van der Waals surface area contributed by atoms with Gasteiger partial charge in [-0.25, -0.2) is 8.78 Å². The lowest BCUT2D eigenvalue weighted by molar-refractivity contribution is 0.565. The van der Waals surface area contributed by atoms with E-state index in [-0.39, 0.29) is 5.38 Å². The topological polar surface area (TPSA) is 0 Å². The summed E-state index contributed by atoms with van der Waals surface area (Å²) >= 11 is 6.15. The van der Waals surface area contributed by atoms with Crippen molar-refractivity contribution in [1.82, 2.24) is 0 Å². The van der Waals surface area contributed by atoms with Crippen LogP contribution in [0.1, 0.15) is 30.7 Å². The fraction of sp³-hybridized carbons (Fsp3) is 0.500. The maximum absolute atomic E-state index is 13.4. The van der Waals surface area contributed by atoms with Crippen molar-refractivity contribution in [2.45, 2.75) is 25.1 Å². The molecule has 1 aromatic rings. The summed E-state index contributed by atoms with van der Waals surface area (Å²) in [4.78, 5) is 0. The van der Waals surface area contributed by atoms with Crippen molar-refractivity contribution in [2.75, 3.05) is 0 Å². The van der Waals surface area contributed by atoms with Gasteiger partial charge in [-0.1, -0.05) is 13.3 Å². The van der Waals surface area contributed by atoms with Crippen molar-refractivity contribution in [3.05, 3.63) is 35.4 Å². The molecule has 0 N–H and O–H groups in total. The van der Waals surface area contributed by atoms with E-state index < -0.39 is 11.6 Å². The first-order chi connectivity index (χ1) is 7.13. The minimum Gasteiger partial charge on any atom is -0.207 e. The number of benzene rings is 1. The highest BCUT2D eigenvalue weighted by molar-refractivity contribution is 6.21. The fourth-order valence-corrected chi connectivity index (χ4v) is 2.53. The monoisotopic (exact) mass is 230 g/mol. The molecular weight excluding hydrogens is 218 g/mol. The molecule has 0 radical (unpaired) electrons. The predicted octanol–water partition coefficient (Wildman–Crippen LogP) is 4.29. The summed E-state index contributed by atoms with van der Waals surface area (Å²) in [6.07, 6.45) is 2.09. The van der Waals surface area contributed by atoms with Gasteiger partial charge in [0.1, 0.15) is 11.6 Å². The third-order valence-corrected chi connectivity index (χ3v) is 3.69. The second-order valence-corrected chi connectivity index (χ2v) is 4.61. The first-order valence-electron chi connectivity index (χ1n) is 5.22. The maximum Gasteiger partial charge on any atom is 0.128 e. The summed E-state index contributed by atoms with van der Waals surface area (Å²) in [6, 6.07) is 3.47. The molecule has 1 aliphatic rings. The minimum atomic E-state index is -0.425. The average molecular weight is 231 g/mol. The minimum absolute atomic E-state index is 0.303. The number of hydrogen-bond acceptors (Lipinski definition) is 0. The third-order valence-electron chi connectivity index (χ3n) is 3.13. The lowest BCUT2D eigenvalue weighted by Crippen LogP contribution is -1.99. The lowest BCUT2D eigenvalue weighted by atomic mass is 10.1. The standard InChI is InChI=1S/C12H13ClF2/c1-2-7-5-9(7)12(13)10-6-8(14)3-4-11(10)15/h3-4,6-7,9,12H,2,5H2,1H3. The van der Waals surface area contributed by atoms with Crippen molar-refractivity contribution < 1.29 is 8.78 Å². The molecule has 0 spiro atoms. The summed E-state index contributed by atoms with van der Waals surface area (Å²) in [5.41, 5.74) is 0.303. The van der Waals surface area contributed by atoms with Crippen molar-refractivity contribution >= 4 is 11.6 Å². The van der Waals surface area contributed by atoms with Crippen molar-refractivity contribution in [2.24, 2.45) is 11.8 Å². The molecule has 0 bridgehead atoms. The zero-order valence-electron chi connectivity index (χ0n) is 8.51. The molecule has 0 amide bonds. The van der Waals surface area contributed by atoms with Crippen molar-refractivity contribution in [3.8, 4) is 0 Å². The van der Waals surface area contributed by atoms with Gasteiger partial charge >= 0.3 is 0 Å². The van der Waals surface area contributed by atoms with Gasteiger partial charge < -0.3 is 0 Å². The molecule has 1 saturated carbocycles. The Kier molecular flexibility index (Phi) is 2.96. The van der Waals surface area contributed by atoms with Crippen LogP contribution in [0.4, 0.5) is 8.78 Å². The van der Waals surface area contributed by atoms with E-state index in [9.17, 15) is 8.78 Å². The summed E-state index contributed by atoms with van der Waals surface area (Å²) in [5.74, 6) is 0.0621. The zero-order valence-corrected chi connectivity index (χ0v) is 9.27. The van der Waals surface area contributed by atoms with Crippen LogP contribution in [0.5, 0.6) is 0 Å². The van der Waals surface area contributed by atoms with E-state index in [1.165, 1.54) is 6.07 Å². The highest BCUT2D eigenvalue weighted by atomic mass is 35.5. The Bertz CT molecular complexity index is 365. The van der Waals surface area contributed by atoms with Gasteiger partial charge in [-0.3, -0.25) is 0 Å². The molecule has 0 nitrogen and oxygen atoms in total. The van der Waals surface area contributed by atoms with Gasteiger partial charge in [0.2, 0.25) is 0 Å². The van der Waals surface area contributed by atoms with Gasteiger partial charge in [-0.2, -0.15) is 0 Å². The van der Waals surface area contributed by atoms with Crippen LogP contribution in [0.2, 0.25) is 0 Å². The molecule has 3 unspecified atom stereocenters. The van der Waals surface area contributed by atoms with Gasteiger partial charge in [0.15, 0.2) is 0 Å². The van der Waals surface area contributed by atoms with Crippen LogP contribution in [-0.4, -0.2) is 0 Å². The van der Waals surface area contributed by atoms with Gasteiger partial charge in [0, 0.05) is 5.56 Å². The van der Waals surface area contributed by atoms with E-state index in [1.54, 1.807) is 0 Å². The van der Waals surface area contributed by atoms with Crippen LogP contribution < -0.4 is 0 Å². The van der Waals surface area contributed by atoms with Crippen LogP contribution in [0.3, 0.4) is 0 Å². The van der Waals surface area contributed by atoms with Crippen LogP contribution >= 0.6 is 11.6 Å². The molecule has 0 heterocycles. The Morgan fingerprint density at radius 1 is 1.47 bits per heavy atom. The second kappa shape index (κ2) is 4.09. The highest BCUT2D eigenvalue weighted by Crippen LogP contribution is 2.52. The van der Waals surface area contributed by atoms with Gasteiger partial charge in [-0.15, -0.1) is 11.6 Å². The average Bonchev–Trinajstić information content (AvgIpc) is 3.00. The van der Waals surface area contributed by atoms with Crippen LogP contribution in [0.25, 0.3) is 0 Å². The number of rotatable bonds is 3. The molecule has 0 aromatic heterocycles. The van der Waals surface area contributed by atoms with E-state index in [2.05, 4.69) is 6.92 Å². The molecule has 2 rings (SSSR count).